The first-order chi connectivity index (χ1) is 38.5. The number of ether oxygens (including phenoxy) is 3. The Kier molecular flexibility index (Phi) is 66.5. The topological polar surface area (TPSA) is 78.9 Å². The SMILES string of the molecule is CCCCCCCCCCCCCCCCCCCCCCCCCCCCCCCCCCC(=O)OCC(COC(=O)CCCCCCCCCCCCCCC)OC(=O)CCCCCCCCCCCCCCCCC. The molecular weight excluding hydrogens is 961 g/mol. The van der Waals surface area contributed by atoms with Crippen LogP contribution in [0.5, 0.6) is 0 Å². The lowest BCUT2D eigenvalue weighted by atomic mass is 10.0. The van der Waals surface area contributed by atoms with Gasteiger partial charge in [0.15, 0.2) is 6.10 Å². The highest BCUT2D eigenvalue weighted by molar-refractivity contribution is 5.71. The summed E-state index contributed by atoms with van der Waals surface area (Å²) < 4.78 is 17.0. The first-order valence-corrected chi connectivity index (χ1v) is 36.0. The third-order valence-corrected chi connectivity index (χ3v) is 16.9. The van der Waals surface area contributed by atoms with E-state index < -0.39 is 6.10 Å². The van der Waals surface area contributed by atoms with Crippen molar-refractivity contribution in [3.63, 3.8) is 0 Å². The summed E-state index contributed by atoms with van der Waals surface area (Å²) in [4.78, 5) is 38.3. The number of rotatable bonds is 68. The molecule has 6 nitrogen and oxygen atoms in total. The Bertz CT molecular complexity index is 1170. The summed E-state index contributed by atoms with van der Waals surface area (Å²) in [5.41, 5.74) is 0. The molecule has 6 heteroatoms. The van der Waals surface area contributed by atoms with E-state index in [1.807, 2.05) is 0 Å². The van der Waals surface area contributed by atoms with E-state index in [2.05, 4.69) is 20.8 Å². The van der Waals surface area contributed by atoms with Crippen molar-refractivity contribution in [2.24, 2.45) is 0 Å². The van der Waals surface area contributed by atoms with Gasteiger partial charge in [-0.25, -0.2) is 0 Å². The molecule has 0 rings (SSSR count). The maximum Gasteiger partial charge on any atom is 0.306 e. The van der Waals surface area contributed by atoms with E-state index in [4.69, 9.17) is 14.2 Å². The average molecular weight is 1100 g/mol. The smallest absolute Gasteiger partial charge is 0.306 e. The van der Waals surface area contributed by atoms with Crippen LogP contribution < -0.4 is 0 Å². The van der Waals surface area contributed by atoms with Crippen LogP contribution in [0.1, 0.15) is 425 Å². The van der Waals surface area contributed by atoms with E-state index in [-0.39, 0.29) is 31.1 Å². The van der Waals surface area contributed by atoms with Gasteiger partial charge in [0.25, 0.3) is 0 Å². The van der Waals surface area contributed by atoms with E-state index in [1.165, 1.54) is 327 Å². The standard InChI is InChI=1S/C72H140O6/c1-4-7-10-13-16-19-22-25-27-28-29-30-31-32-33-34-35-36-37-38-39-40-41-42-43-45-47-50-53-56-59-62-65-71(74)77-68-69(67-76-70(73)64-61-58-55-52-49-46-24-21-18-15-12-9-6-3)78-72(75)66-63-60-57-54-51-48-44-26-23-20-17-14-11-8-5-2/h69H,4-68H2,1-3H3. The largest absolute Gasteiger partial charge is 0.462 e. The van der Waals surface area contributed by atoms with Gasteiger partial charge >= 0.3 is 17.9 Å². The Hall–Kier alpha value is -1.59. The fourth-order valence-electron chi connectivity index (χ4n) is 11.5. The number of esters is 3. The van der Waals surface area contributed by atoms with Crippen molar-refractivity contribution >= 4 is 17.9 Å². The van der Waals surface area contributed by atoms with Crippen LogP contribution in [0, 0.1) is 0 Å². The van der Waals surface area contributed by atoms with E-state index in [1.54, 1.807) is 0 Å². The van der Waals surface area contributed by atoms with Crippen LogP contribution in [0.15, 0.2) is 0 Å². The van der Waals surface area contributed by atoms with Crippen LogP contribution in [0.25, 0.3) is 0 Å². The van der Waals surface area contributed by atoms with Gasteiger partial charge in [0, 0.05) is 19.3 Å². The molecule has 0 amide bonds. The zero-order valence-corrected chi connectivity index (χ0v) is 53.5. The summed E-state index contributed by atoms with van der Waals surface area (Å²) >= 11 is 0. The third-order valence-electron chi connectivity index (χ3n) is 16.9. The van der Waals surface area contributed by atoms with Gasteiger partial charge in [-0.1, -0.05) is 387 Å². The molecule has 0 aromatic carbocycles. The molecule has 78 heavy (non-hydrogen) atoms. The van der Waals surface area contributed by atoms with Gasteiger partial charge in [-0.15, -0.1) is 0 Å². The van der Waals surface area contributed by atoms with Gasteiger partial charge in [0.1, 0.15) is 13.2 Å². The lowest BCUT2D eigenvalue weighted by Crippen LogP contribution is -2.30. The second-order valence-corrected chi connectivity index (χ2v) is 24.9. The summed E-state index contributed by atoms with van der Waals surface area (Å²) in [6.45, 7) is 6.73. The van der Waals surface area contributed by atoms with Crippen LogP contribution in [-0.4, -0.2) is 37.2 Å². The van der Waals surface area contributed by atoms with Crippen molar-refractivity contribution in [2.45, 2.75) is 431 Å². The van der Waals surface area contributed by atoms with E-state index in [0.29, 0.717) is 19.3 Å². The van der Waals surface area contributed by atoms with E-state index >= 15 is 0 Å². The average Bonchev–Trinajstić information content (AvgIpc) is 3.44. The number of carbonyl (C=O) groups is 3. The summed E-state index contributed by atoms with van der Waals surface area (Å²) in [7, 11) is 0. The molecule has 0 fully saturated rings. The molecule has 1 atom stereocenters. The highest BCUT2D eigenvalue weighted by Gasteiger charge is 2.20. The lowest BCUT2D eigenvalue weighted by Gasteiger charge is -2.18. The van der Waals surface area contributed by atoms with Crippen LogP contribution in [-0.2, 0) is 28.6 Å². The molecule has 0 saturated heterocycles. The summed E-state index contributed by atoms with van der Waals surface area (Å²) in [5, 5.41) is 0. The first kappa shape index (κ1) is 76.4. The van der Waals surface area contributed by atoms with Crippen molar-refractivity contribution in [2.75, 3.05) is 13.2 Å². The van der Waals surface area contributed by atoms with E-state index in [0.717, 1.165) is 57.8 Å². The second kappa shape index (κ2) is 67.9. The molecule has 0 aliphatic carbocycles. The van der Waals surface area contributed by atoms with Crippen molar-refractivity contribution in [1.29, 1.82) is 0 Å². The monoisotopic (exact) mass is 1100 g/mol. The first-order valence-electron chi connectivity index (χ1n) is 36.0. The van der Waals surface area contributed by atoms with Crippen LogP contribution >= 0.6 is 0 Å². The quantitative estimate of drug-likeness (QED) is 0.0343. The minimum Gasteiger partial charge on any atom is -0.462 e. The van der Waals surface area contributed by atoms with Gasteiger partial charge in [-0.05, 0) is 19.3 Å². The summed E-state index contributed by atoms with van der Waals surface area (Å²) in [6, 6.07) is 0. The molecule has 0 aliphatic heterocycles. The molecule has 464 valence electrons. The second-order valence-electron chi connectivity index (χ2n) is 24.9. The van der Waals surface area contributed by atoms with Gasteiger partial charge in [-0.2, -0.15) is 0 Å². The molecule has 0 radical (unpaired) electrons. The van der Waals surface area contributed by atoms with Crippen LogP contribution in [0.4, 0.5) is 0 Å². The Morgan fingerprint density at radius 1 is 0.205 bits per heavy atom. The normalized spacial score (nSPS) is 11.9. The fourth-order valence-corrected chi connectivity index (χ4v) is 11.5. The van der Waals surface area contributed by atoms with Gasteiger partial charge in [0.05, 0.1) is 0 Å². The number of carbonyl (C=O) groups excluding carboxylic acids is 3. The molecular formula is C72H140O6. The van der Waals surface area contributed by atoms with Gasteiger partial charge in [-0.3, -0.25) is 14.4 Å². The molecule has 0 N–H and O–H groups in total. The van der Waals surface area contributed by atoms with Crippen molar-refractivity contribution in [1.82, 2.24) is 0 Å². The minimum absolute atomic E-state index is 0.0604. The van der Waals surface area contributed by atoms with Crippen molar-refractivity contribution in [3.05, 3.63) is 0 Å². The predicted molar refractivity (Wildman–Crippen MR) is 340 cm³/mol. The molecule has 0 aromatic heterocycles. The molecule has 0 spiro atoms. The summed E-state index contributed by atoms with van der Waals surface area (Å²) in [6.07, 6.45) is 80.1. The number of unbranched alkanes of at least 4 members (excludes halogenated alkanes) is 57. The summed E-state index contributed by atoms with van der Waals surface area (Å²) in [5.74, 6) is -0.823. The van der Waals surface area contributed by atoms with Crippen molar-refractivity contribution < 1.29 is 28.6 Å². The predicted octanol–water partition coefficient (Wildman–Crippen LogP) is 24.6. The van der Waals surface area contributed by atoms with Gasteiger partial charge in [0.2, 0.25) is 0 Å². The maximum absolute atomic E-state index is 12.9. The van der Waals surface area contributed by atoms with Crippen molar-refractivity contribution in [3.8, 4) is 0 Å². The fraction of sp³-hybridized carbons (Fsp3) is 0.958. The Balaban J connectivity index is 4.05. The molecule has 1 unspecified atom stereocenters. The molecule has 0 heterocycles. The zero-order chi connectivity index (χ0) is 56.4. The van der Waals surface area contributed by atoms with Crippen LogP contribution in [0.2, 0.25) is 0 Å². The highest BCUT2D eigenvalue weighted by Crippen LogP contribution is 2.20. The molecule has 0 bridgehead atoms. The van der Waals surface area contributed by atoms with Crippen LogP contribution in [0.3, 0.4) is 0 Å². The number of hydrogen-bond donors (Lipinski definition) is 0. The lowest BCUT2D eigenvalue weighted by molar-refractivity contribution is -0.167. The molecule has 0 aliphatic rings. The Labute approximate surface area is 488 Å². The Morgan fingerprint density at radius 2 is 0.346 bits per heavy atom. The number of hydrogen-bond acceptors (Lipinski definition) is 6. The minimum atomic E-state index is -0.762. The zero-order valence-electron chi connectivity index (χ0n) is 53.5. The third kappa shape index (κ3) is 65.2. The molecule has 0 aromatic rings. The van der Waals surface area contributed by atoms with E-state index in [9.17, 15) is 14.4 Å². The highest BCUT2D eigenvalue weighted by atomic mass is 16.6. The maximum atomic E-state index is 12.9. The Morgan fingerprint density at radius 3 is 0.513 bits per heavy atom. The molecule has 0 saturated carbocycles. The van der Waals surface area contributed by atoms with Gasteiger partial charge < -0.3 is 14.2 Å².